The number of hydrogen-bond acceptors (Lipinski definition) is 8. The van der Waals surface area contributed by atoms with E-state index in [1.165, 1.54) is 6.42 Å². The Morgan fingerprint density at radius 3 is 1.71 bits per heavy atom. The molecule has 0 aliphatic rings. The summed E-state index contributed by atoms with van der Waals surface area (Å²) in [5.74, 6) is 1.57. The first-order valence-electron chi connectivity index (χ1n) is 16.7. The molecule has 1 N–H and O–H groups in total. The van der Waals surface area contributed by atoms with Crippen molar-refractivity contribution < 1.29 is 38.4 Å². The molecule has 0 saturated heterocycles. The summed E-state index contributed by atoms with van der Waals surface area (Å²) < 4.78 is 27.6. The minimum absolute atomic E-state index is 0.133. The maximum atomic E-state index is 11.2. The van der Waals surface area contributed by atoms with E-state index in [1.54, 1.807) is 0 Å². The Balaban J connectivity index is 1.76. The topological polar surface area (TPSA) is 101 Å². The number of aliphatic hydroxyl groups excluding tert-OH is 1. The lowest BCUT2D eigenvalue weighted by molar-refractivity contribution is -0.139. The summed E-state index contributed by atoms with van der Waals surface area (Å²) in [5.41, 5.74) is 4.43. The highest BCUT2D eigenvalue weighted by molar-refractivity contribution is 5.81. The Hall–Kier alpha value is -5.08. The monoisotopic (exact) mass is 668 g/mol. The zero-order chi connectivity index (χ0) is 35.3. The van der Waals surface area contributed by atoms with Crippen molar-refractivity contribution in [2.24, 2.45) is 5.92 Å². The molecule has 0 aliphatic carbocycles. The molecule has 8 heteroatoms. The summed E-state index contributed by atoms with van der Waals surface area (Å²) in [4.78, 5) is 22.4. The van der Waals surface area contributed by atoms with E-state index in [0.717, 1.165) is 65.0 Å². The Morgan fingerprint density at radius 2 is 1.24 bits per heavy atom. The maximum absolute atomic E-state index is 11.2. The van der Waals surface area contributed by atoms with E-state index in [4.69, 9.17) is 23.7 Å². The zero-order valence-electron chi connectivity index (χ0n) is 28.6. The third-order valence-electron chi connectivity index (χ3n) is 7.66. The largest absolute Gasteiger partial charge is 0.493 e. The van der Waals surface area contributed by atoms with E-state index < -0.39 is 11.9 Å². The fourth-order valence-electron chi connectivity index (χ4n) is 4.76. The fraction of sp³-hybridized carbons (Fsp3) is 0.317. The van der Waals surface area contributed by atoms with Crippen molar-refractivity contribution >= 4 is 36.2 Å². The molecule has 1 unspecified atom stereocenters. The molecule has 0 spiro atoms. The second kappa shape index (κ2) is 21.7. The van der Waals surface area contributed by atoms with Crippen LogP contribution < -0.4 is 14.2 Å². The van der Waals surface area contributed by atoms with E-state index in [2.05, 4.69) is 27.0 Å². The van der Waals surface area contributed by atoms with Crippen molar-refractivity contribution in [1.82, 2.24) is 0 Å². The average Bonchev–Trinajstić information content (AvgIpc) is 3.14. The van der Waals surface area contributed by atoms with Gasteiger partial charge >= 0.3 is 11.9 Å². The van der Waals surface area contributed by atoms with Crippen LogP contribution in [0, 0.1) is 5.92 Å². The molecule has 0 fully saturated rings. The van der Waals surface area contributed by atoms with Gasteiger partial charge in [0.25, 0.3) is 0 Å². The predicted molar refractivity (Wildman–Crippen MR) is 195 cm³/mol. The van der Waals surface area contributed by atoms with Crippen LogP contribution in [0.4, 0.5) is 0 Å². The van der Waals surface area contributed by atoms with Crippen molar-refractivity contribution in [3.63, 3.8) is 0 Å². The Morgan fingerprint density at radius 1 is 0.714 bits per heavy atom. The van der Waals surface area contributed by atoms with E-state index in [0.29, 0.717) is 24.0 Å². The van der Waals surface area contributed by atoms with Gasteiger partial charge in [0, 0.05) is 17.7 Å². The fourth-order valence-corrected chi connectivity index (χ4v) is 4.76. The number of hydrogen-bond donors (Lipinski definition) is 1. The highest BCUT2D eigenvalue weighted by atomic mass is 16.6. The lowest BCUT2D eigenvalue weighted by Crippen LogP contribution is -2.12. The molecule has 8 nitrogen and oxygen atoms in total. The summed E-state index contributed by atoms with van der Waals surface area (Å²) in [6, 6.07) is 19.1. The van der Waals surface area contributed by atoms with Gasteiger partial charge in [-0.15, -0.1) is 0 Å². The van der Waals surface area contributed by atoms with Crippen LogP contribution in [0.15, 0.2) is 86.0 Å². The number of carbonyl (C=O) groups is 2. The van der Waals surface area contributed by atoms with Crippen molar-refractivity contribution in [3.8, 4) is 17.2 Å². The standard InChI is InChI=1S/C41H48O8/c1-5-9-10-31(6-2)30-49-39-28-34(17-11-32-13-19-37(20-14-32)45-23-25-47-40(43)7-3)36(29-42)27-35(39)18-12-33-15-21-38(22-16-33)46-24-26-48-41(44)8-4/h7-8,11-22,27-28,31,42H,3-6,9-10,23-26,29-30H2,1-2H3. The minimum atomic E-state index is -0.481. The van der Waals surface area contributed by atoms with Gasteiger partial charge < -0.3 is 28.8 Å². The van der Waals surface area contributed by atoms with Crippen LogP contribution >= 0.6 is 0 Å². The van der Waals surface area contributed by atoms with E-state index in [1.807, 2.05) is 85.0 Å². The Kier molecular flexibility index (Phi) is 17.0. The highest BCUT2D eigenvalue weighted by Gasteiger charge is 2.12. The number of ether oxygens (including phenoxy) is 5. The van der Waals surface area contributed by atoms with Crippen LogP contribution in [-0.4, -0.2) is 50.1 Å². The third kappa shape index (κ3) is 13.9. The van der Waals surface area contributed by atoms with E-state index in [9.17, 15) is 14.7 Å². The smallest absolute Gasteiger partial charge is 0.330 e. The quantitative estimate of drug-likeness (QED) is 0.0494. The molecule has 0 bridgehead atoms. The third-order valence-corrected chi connectivity index (χ3v) is 7.66. The lowest BCUT2D eigenvalue weighted by Gasteiger charge is -2.18. The number of esters is 2. The molecule has 3 rings (SSSR count). The lowest BCUT2D eigenvalue weighted by atomic mass is 9.99. The van der Waals surface area contributed by atoms with Gasteiger partial charge in [0.05, 0.1) is 13.2 Å². The average molecular weight is 669 g/mol. The molecule has 3 aromatic carbocycles. The first kappa shape index (κ1) is 38.4. The Bertz CT molecular complexity index is 1540. The van der Waals surface area contributed by atoms with Gasteiger partial charge in [-0.3, -0.25) is 0 Å². The minimum Gasteiger partial charge on any atom is -0.493 e. The molecular formula is C41H48O8. The first-order valence-corrected chi connectivity index (χ1v) is 16.7. The molecule has 0 aromatic heterocycles. The summed E-state index contributed by atoms with van der Waals surface area (Å²) in [5, 5.41) is 10.3. The molecule has 49 heavy (non-hydrogen) atoms. The first-order chi connectivity index (χ1) is 23.9. The highest BCUT2D eigenvalue weighted by Crippen LogP contribution is 2.29. The van der Waals surface area contributed by atoms with Gasteiger partial charge in [0.2, 0.25) is 0 Å². The van der Waals surface area contributed by atoms with Crippen molar-refractivity contribution in [2.75, 3.05) is 33.0 Å². The van der Waals surface area contributed by atoms with Gasteiger partial charge in [-0.25, -0.2) is 9.59 Å². The number of carbonyl (C=O) groups excluding carboxylic acids is 2. The normalized spacial score (nSPS) is 11.7. The van der Waals surface area contributed by atoms with Gasteiger partial charge in [-0.2, -0.15) is 0 Å². The number of aliphatic hydroxyl groups is 1. The SMILES string of the molecule is C=CC(=O)OCCOc1ccc(C=Cc2cc(OCC(CC)CCCC)c(C=Cc3ccc(OCCOC(=O)C=C)cc3)cc2CO)cc1. The van der Waals surface area contributed by atoms with Gasteiger partial charge in [-0.05, 0) is 71.0 Å². The summed E-state index contributed by atoms with van der Waals surface area (Å²) in [7, 11) is 0. The molecule has 3 aromatic rings. The molecule has 1 atom stereocenters. The van der Waals surface area contributed by atoms with Gasteiger partial charge in [0.15, 0.2) is 0 Å². The number of rotatable bonds is 22. The summed E-state index contributed by atoms with van der Waals surface area (Å²) >= 11 is 0. The maximum Gasteiger partial charge on any atom is 0.330 e. The van der Waals surface area contributed by atoms with Gasteiger partial charge in [-0.1, -0.05) is 94.8 Å². The summed E-state index contributed by atoms with van der Waals surface area (Å²) in [6.45, 7) is 12.4. The molecule has 0 amide bonds. The molecular weight excluding hydrogens is 620 g/mol. The van der Waals surface area contributed by atoms with E-state index in [-0.39, 0.29) is 33.0 Å². The van der Waals surface area contributed by atoms with Crippen LogP contribution in [-0.2, 0) is 25.7 Å². The van der Waals surface area contributed by atoms with Crippen LogP contribution in [0.2, 0.25) is 0 Å². The van der Waals surface area contributed by atoms with Crippen LogP contribution in [0.3, 0.4) is 0 Å². The van der Waals surface area contributed by atoms with Crippen LogP contribution in [0.5, 0.6) is 17.2 Å². The molecule has 0 radical (unpaired) electrons. The number of benzene rings is 3. The second-order valence-corrected chi connectivity index (χ2v) is 11.2. The zero-order valence-corrected chi connectivity index (χ0v) is 28.6. The molecule has 0 aliphatic heterocycles. The second-order valence-electron chi connectivity index (χ2n) is 11.2. The van der Waals surface area contributed by atoms with Gasteiger partial charge in [0.1, 0.15) is 43.7 Å². The molecule has 0 heterocycles. The predicted octanol–water partition coefficient (Wildman–Crippen LogP) is 8.33. The van der Waals surface area contributed by atoms with Crippen LogP contribution in [0.1, 0.15) is 67.3 Å². The molecule has 260 valence electrons. The van der Waals surface area contributed by atoms with Crippen molar-refractivity contribution in [2.45, 2.75) is 46.1 Å². The van der Waals surface area contributed by atoms with Crippen molar-refractivity contribution in [3.05, 3.63) is 114 Å². The van der Waals surface area contributed by atoms with Crippen molar-refractivity contribution in [1.29, 1.82) is 0 Å². The van der Waals surface area contributed by atoms with E-state index >= 15 is 0 Å². The Labute approximate surface area is 290 Å². The summed E-state index contributed by atoms with van der Waals surface area (Å²) in [6.07, 6.45) is 14.7. The van der Waals surface area contributed by atoms with Crippen LogP contribution in [0.25, 0.3) is 24.3 Å². The molecule has 0 saturated carbocycles. The number of unbranched alkanes of at least 4 members (excludes halogenated alkanes) is 1.